The molecule has 0 aliphatic heterocycles. The maximum Gasteiger partial charge on any atom is 0.120 e. The SMILES string of the molecule is CCC(O)(COC)c1cccc(OC(C)C)c1. The third-order valence-electron chi connectivity index (χ3n) is 2.71. The van der Waals surface area contributed by atoms with E-state index in [1.165, 1.54) is 0 Å². The summed E-state index contributed by atoms with van der Waals surface area (Å²) in [7, 11) is 1.59. The maximum absolute atomic E-state index is 10.5. The van der Waals surface area contributed by atoms with Gasteiger partial charge in [0.2, 0.25) is 0 Å². The molecule has 1 aromatic carbocycles. The Morgan fingerprint density at radius 2 is 2.06 bits per heavy atom. The van der Waals surface area contributed by atoms with Gasteiger partial charge in [-0.2, -0.15) is 0 Å². The molecular formula is C14H22O3. The van der Waals surface area contributed by atoms with Crippen LogP contribution in [0.25, 0.3) is 0 Å². The summed E-state index contributed by atoms with van der Waals surface area (Å²) in [6.07, 6.45) is 0.730. The van der Waals surface area contributed by atoms with Crippen LogP contribution in [-0.2, 0) is 10.3 Å². The van der Waals surface area contributed by atoms with Crippen LogP contribution in [-0.4, -0.2) is 24.9 Å². The Morgan fingerprint density at radius 3 is 2.59 bits per heavy atom. The molecule has 3 heteroatoms. The zero-order chi connectivity index (χ0) is 12.9. The monoisotopic (exact) mass is 238 g/mol. The minimum Gasteiger partial charge on any atom is -0.491 e. The molecule has 1 aromatic rings. The number of ether oxygens (including phenoxy) is 2. The number of methoxy groups -OCH3 is 1. The molecule has 1 rings (SSSR count). The fourth-order valence-corrected chi connectivity index (χ4v) is 1.76. The molecule has 0 spiro atoms. The van der Waals surface area contributed by atoms with Gasteiger partial charge in [-0.15, -0.1) is 0 Å². The molecule has 1 atom stereocenters. The van der Waals surface area contributed by atoms with Crippen molar-refractivity contribution in [3.8, 4) is 5.75 Å². The summed E-state index contributed by atoms with van der Waals surface area (Å²) < 4.78 is 10.7. The second kappa shape index (κ2) is 6.03. The van der Waals surface area contributed by atoms with Crippen molar-refractivity contribution in [2.24, 2.45) is 0 Å². The lowest BCUT2D eigenvalue weighted by molar-refractivity contribution is -0.0388. The Morgan fingerprint density at radius 1 is 1.35 bits per heavy atom. The smallest absolute Gasteiger partial charge is 0.120 e. The van der Waals surface area contributed by atoms with Gasteiger partial charge in [0.25, 0.3) is 0 Å². The predicted octanol–water partition coefficient (Wildman–Crippen LogP) is 2.72. The first kappa shape index (κ1) is 14.0. The van der Waals surface area contributed by atoms with E-state index in [4.69, 9.17) is 9.47 Å². The van der Waals surface area contributed by atoms with Gasteiger partial charge >= 0.3 is 0 Å². The topological polar surface area (TPSA) is 38.7 Å². The van der Waals surface area contributed by atoms with Gasteiger partial charge in [0, 0.05) is 7.11 Å². The van der Waals surface area contributed by atoms with Gasteiger partial charge in [-0.1, -0.05) is 19.1 Å². The van der Waals surface area contributed by atoms with Crippen molar-refractivity contribution in [2.45, 2.75) is 38.9 Å². The molecular weight excluding hydrogens is 216 g/mol. The van der Waals surface area contributed by atoms with Crippen LogP contribution >= 0.6 is 0 Å². The number of hydrogen-bond acceptors (Lipinski definition) is 3. The molecule has 0 aromatic heterocycles. The van der Waals surface area contributed by atoms with E-state index in [2.05, 4.69) is 0 Å². The number of benzene rings is 1. The third kappa shape index (κ3) is 3.72. The van der Waals surface area contributed by atoms with Gasteiger partial charge in [0.1, 0.15) is 11.4 Å². The van der Waals surface area contributed by atoms with Crippen LogP contribution < -0.4 is 4.74 Å². The van der Waals surface area contributed by atoms with Gasteiger partial charge < -0.3 is 14.6 Å². The fraction of sp³-hybridized carbons (Fsp3) is 0.571. The molecule has 0 radical (unpaired) electrons. The Bertz CT molecular complexity index is 349. The van der Waals surface area contributed by atoms with Crippen LogP contribution in [0.2, 0.25) is 0 Å². The third-order valence-corrected chi connectivity index (χ3v) is 2.71. The van der Waals surface area contributed by atoms with E-state index in [0.29, 0.717) is 6.42 Å². The van der Waals surface area contributed by atoms with Crippen LogP contribution in [0.4, 0.5) is 0 Å². The summed E-state index contributed by atoms with van der Waals surface area (Å²) in [6.45, 7) is 6.19. The molecule has 0 amide bonds. The fourth-order valence-electron chi connectivity index (χ4n) is 1.76. The number of aliphatic hydroxyl groups is 1. The van der Waals surface area contributed by atoms with Crippen molar-refractivity contribution in [3.63, 3.8) is 0 Å². The lowest BCUT2D eigenvalue weighted by atomic mass is 9.92. The quantitative estimate of drug-likeness (QED) is 0.828. The predicted molar refractivity (Wildman–Crippen MR) is 68.3 cm³/mol. The molecule has 0 heterocycles. The van der Waals surface area contributed by atoms with Crippen LogP contribution in [0, 0.1) is 0 Å². The highest BCUT2D eigenvalue weighted by molar-refractivity contribution is 5.32. The van der Waals surface area contributed by atoms with E-state index in [1.54, 1.807) is 7.11 Å². The van der Waals surface area contributed by atoms with E-state index < -0.39 is 5.60 Å². The Labute approximate surface area is 103 Å². The first-order chi connectivity index (χ1) is 8.01. The van der Waals surface area contributed by atoms with Gasteiger partial charge in [-0.3, -0.25) is 0 Å². The molecule has 1 N–H and O–H groups in total. The van der Waals surface area contributed by atoms with Crippen LogP contribution in [0.15, 0.2) is 24.3 Å². The second-order valence-corrected chi connectivity index (χ2v) is 4.51. The normalized spacial score (nSPS) is 14.7. The van der Waals surface area contributed by atoms with Crippen molar-refractivity contribution in [2.75, 3.05) is 13.7 Å². The molecule has 0 bridgehead atoms. The summed E-state index contributed by atoms with van der Waals surface area (Å²) in [5.74, 6) is 0.778. The summed E-state index contributed by atoms with van der Waals surface area (Å²) in [5, 5.41) is 10.5. The van der Waals surface area contributed by atoms with E-state index in [-0.39, 0.29) is 12.7 Å². The maximum atomic E-state index is 10.5. The molecule has 96 valence electrons. The van der Waals surface area contributed by atoms with E-state index in [1.807, 2.05) is 45.0 Å². The average molecular weight is 238 g/mol. The average Bonchev–Trinajstić information content (AvgIpc) is 2.28. The number of hydrogen-bond donors (Lipinski definition) is 1. The standard InChI is InChI=1S/C14H22O3/c1-5-14(15,10-16-4)12-7-6-8-13(9-12)17-11(2)3/h6-9,11,15H,5,10H2,1-4H3. The van der Waals surface area contributed by atoms with E-state index >= 15 is 0 Å². The van der Waals surface area contributed by atoms with Crippen LogP contribution in [0.3, 0.4) is 0 Å². The van der Waals surface area contributed by atoms with Crippen molar-refractivity contribution in [1.29, 1.82) is 0 Å². The lowest BCUT2D eigenvalue weighted by Gasteiger charge is -2.27. The lowest BCUT2D eigenvalue weighted by Crippen LogP contribution is -2.30. The van der Waals surface area contributed by atoms with Gasteiger partial charge in [-0.25, -0.2) is 0 Å². The minimum absolute atomic E-state index is 0.127. The summed E-state index contributed by atoms with van der Waals surface area (Å²) in [6, 6.07) is 7.56. The second-order valence-electron chi connectivity index (χ2n) is 4.51. The number of rotatable bonds is 6. The summed E-state index contributed by atoms with van der Waals surface area (Å²) >= 11 is 0. The van der Waals surface area contributed by atoms with E-state index in [9.17, 15) is 5.11 Å². The molecule has 1 unspecified atom stereocenters. The molecule has 0 saturated carbocycles. The van der Waals surface area contributed by atoms with Crippen molar-refractivity contribution >= 4 is 0 Å². The van der Waals surface area contributed by atoms with Crippen LogP contribution in [0.5, 0.6) is 5.75 Å². The zero-order valence-corrected chi connectivity index (χ0v) is 11.1. The molecule has 0 aliphatic rings. The first-order valence-corrected chi connectivity index (χ1v) is 6.00. The van der Waals surface area contributed by atoms with E-state index in [0.717, 1.165) is 11.3 Å². The minimum atomic E-state index is -0.939. The zero-order valence-electron chi connectivity index (χ0n) is 11.1. The van der Waals surface area contributed by atoms with Gasteiger partial charge in [-0.05, 0) is 38.0 Å². The largest absolute Gasteiger partial charge is 0.491 e. The van der Waals surface area contributed by atoms with Gasteiger partial charge in [0.05, 0.1) is 12.7 Å². The molecule has 0 aliphatic carbocycles. The Hall–Kier alpha value is -1.06. The Kier molecular flexibility index (Phi) is 4.97. The molecule has 3 nitrogen and oxygen atoms in total. The first-order valence-electron chi connectivity index (χ1n) is 6.00. The molecule has 17 heavy (non-hydrogen) atoms. The van der Waals surface area contributed by atoms with Crippen molar-refractivity contribution < 1.29 is 14.6 Å². The highest BCUT2D eigenvalue weighted by atomic mass is 16.5. The highest BCUT2D eigenvalue weighted by Crippen LogP contribution is 2.28. The summed E-state index contributed by atoms with van der Waals surface area (Å²) in [4.78, 5) is 0. The van der Waals surface area contributed by atoms with Crippen molar-refractivity contribution in [1.82, 2.24) is 0 Å². The highest BCUT2D eigenvalue weighted by Gasteiger charge is 2.27. The van der Waals surface area contributed by atoms with Gasteiger partial charge in [0.15, 0.2) is 0 Å². The van der Waals surface area contributed by atoms with Crippen LogP contribution in [0.1, 0.15) is 32.8 Å². The Balaban J connectivity index is 2.96. The molecule has 0 saturated heterocycles. The van der Waals surface area contributed by atoms with Crippen molar-refractivity contribution in [3.05, 3.63) is 29.8 Å². The molecule has 0 fully saturated rings. The summed E-state index contributed by atoms with van der Waals surface area (Å²) in [5.41, 5.74) is -0.106.